The minimum Gasteiger partial charge on any atom is -0.351 e. The SMILES string of the molecule is N#Cc1nccnc1N1CCN2[C@H](CC[C@H]2c2cn(-c3cccc(Cl)c3)nn2)C1. The van der Waals surface area contributed by atoms with E-state index in [0.29, 0.717) is 22.6 Å². The van der Waals surface area contributed by atoms with Gasteiger partial charge in [-0.3, -0.25) is 4.90 Å². The summed E-state index contributed by atoms with van der Waals surface area (Å²) < 4.78 is 1.78. The molecule has 2 atom stereocenters. The summed E-state index contributed by atoms with van der Waals surface area (Å²) in [4.78, 5) is 13.2. The molecule has 2 aromatic heterocycles. The Morgan fingerprint density at radius 1 is 1.14 bits per heavy atom. The normalized spacial score (nSPS) is 21.7. The maximum absolute atomic E-state index is 9.33. The molecule has 0 bridgehead atoms. The van der Waals surface area contributed by atoms with Gasteiger partial charge in [0.2, 0.25) is 0 Å². The topological polar surface area (TPSA) is 86.8 Å². The van der Waals surface area contributed by atoms with Crippen molar-refractivity contribution in [1.82, 2.24) is 29.9 Å². The molecular weight excluding hydrogens is 388 g/mol. The third-order valence-electron chi connectivity index (χ3n) is 5.71. The first-order valence-corrected chi connectivity index (χ1v) is 10.0. The lowest BCUT2D eigenvalue weighted by molar-refractivity contribution is 0.173. The molecule has 146 valence electrons. The minimum absolute atomic E-state index is 0.257. The summed E-state index contributed by atoms with van der Waals surface area (Å²) in [7, 11) is 0. The van der Waals surface area contributed by atoms with Crippen LogP contribution in [0.15, 0.2) is 42.9 Å². The zero-order chi connectivity index (χ0) is 19.8. The number of aromatic nitrogens is 5. The van der Waals surface area contributed by atoms with Crippen molar-refractivity contribution in [1.29, 1.82) is 5.26 Å². The van der Waals surface area contributed by atoms with E-state index in [4.69, 9.17) is 11.6 Å². The first-order valence-electron chi connectivity index (χ1n) is 9.63. The quantitative estimate of drug-likeness (QED) is 0.660. The second-order valence-electron chi connectivity index (χ2n) is 7.34. The summed E-state index contributed by atoms with van der Waals surface area (Å²) in [5, 5.41) is 18.8. The van der Waals surface area contributed by atoms with Gasteiger partial charge in [-0.05, 0) is 31.0 Å². The van der Waals surface area contributed by atoms with Gasteiger partial charge in [-0.1, -0.05) is 22.9 Å². The average molecular weight is 407 g/mol. The zero-order valence-electron chi connectivity index (χ0n) is 15.7. The minimum atomic E-state index is 0.257. The molecule has 2 aliphatic heterocycles. The molecule has 0 N–H and O–H groups in total. The number of piperazine rings is 1. The Morgan fingerprint density at radius 3 is 2.90 bits per heavy atom. The van der Waals surface area contributed by atoms with Gasteiger partial charge in [-0.15, -0.1) is 5.10 Å². The smallest absolute Gasteiger partial charge is 0.183 e. The predicted molar refractivity (Wildman–Crippen MR) is 108 cm³/mol. The number of rotatable bonds is 3. The van der Waals surface area contributed by atoms with Crippen LogP contribution in [0.2, 0.25) is 5.02 Å². The highest BCUT2D eigenvalue weighted by molar-refractivity contribution is 6.30. The van der Waals surface area contributed by atoms with E-state index in [1.54, 1.807) is 17.1 Å². The molecule has 0 saturated carbocycles. The van der Waals surface area contributed by atoms with E-state index in [1.807, 2.05) is 30.5 Å². The molecule has 0 radical (unpaired) electrons. The number of hydrogen-bond donors (Lipinski definition) is 0. The van der Waals surface area contributed by atoms with Gasteiger partial charge in [0.25, 0.3) is 0 Å². The van der Waals surface area contributed by atoms with Gasteiger partial charge in [0, 0.05) is 43.1 Å². The van der Waals surface area contributed by atoms with Crippen molar-refractivity contribution in [3.05, 3.63) is 59.3 Å². The molecule has 0 spiro atoms. The van der Waals surface area contributed by atoms with Crippen LogP contribution in [0, 0.1) is 11.3 Å². The van der Waals surface area contributed by atoms with Gasteiger partial charge in [0.15, 0.2) is 11.5 Å². The molecule has 3 aromatic rings. The van der Waals surface area contributed by atoms with Crippen LogP contribution in [-0.4, -0.2) is 55.5 Å². The van der Waals surface area contributed by atoms with Crippen LogP contribution in [0.1, 0.15) is 30.3 Å². The molecule has 9 heteroatoms. The number of nitrogens with zero attached hydrogens (tertiary/aromatic N) is 8. The summed E-state index contributed by atoms with van der Waals surface area (Å²) in [5.41, 5.74) is 2.28. The number of halogens is 1. The predicted octanol–water partition coefficient (Wildman–Crippen LogP) is 2.61. The molecule has 29 heavy (non-hydrogen) atoms. The van der Waals surface area contributed by atoms with Crippen LogP contribution in [0.5, 0.6) is 0 Å². The number of hydrogen-bond acceptors (Lipinski definition) is 7. The lowest BCUT2D eigenvalue weighted by atomic mass is 10.1. The standard InChI is InChI=1S/C20H19ClN8/c21-14-2-1-3-15(10-14)29-13-18(25-26-29)19-5-4-16-12-27(8-9-28(16)19)20-17(11-22)23-6-7-24-20/h1-3,6-7,10,13,16,19H,4-5,8-9,12H2/t16-,19+/m1/s1. The first kappa shape index (κ1) is 18.0. The highest BCUT2D eigenvalue weighted by Crippen LogP contribution is 2.38. The fourth-order valence-electron chi connectivity index (χ4n) is 4.38. The third-order valence-corrected chi connectivity index (χ3v) is 5.95. The molecule has 4 heterocycles. The lowest BCUT2D eigenvalue weighted by Crippen LogP contribution is -2.51. The average Bonchev–Trinajstić information content (AvgIpc) is 3.40. The molecule has 8 nitrogen and oxygen atoms in total. The van der Waals surface area contributed by atoms with Crippen molar-refractivity contribution >= 4 is 17.4 Å². The van der Waals surface area contributed by atoms with Crippen molar-refractivity contribution in [2.45, 2.75) is 24.9 Å². The van der Waals surface area contributed by atoms with Gasteiger partial charge in [0.05, 0.1) is 17.9 Å². The molecule has 0 aliphatic carbocycles. The van der Waals surface area contributed by atoms with Gasteiger partial charge in [0.1, 0.15) is 11.8 Å². The van der Waals surface area contributed by atoms with Crippen LogP contribution in [0.3, 0.4) is 0 Å². The maximum Gasteiger partial charge on any atom is 0.183 e. The van der Waals surface area contributed by atoms with Gasteiger partial charge >= 0.3 is 0 Å². The van der Waals surface area contributed by atoms with Crippen LogP contribution in [0.4, 0.5) is 5.82 Å². The molecule has 0 amide bonds. The second-order valence-corrected chi connectivity index (χ2v) is 7.78. The van der Waals surface area contributed by atoms with E-state index in [9.17, 15) is 5.26 Å². The van der Waals surface area contributed by atoms with E-state index >= 15 is 0 Å². The van der Waals surface area contributed by atoms with Crippen molar-refractivity contribution in [3.63, 3.8) is 0 Å². The summed E-state index contributed by atoms with van der Waals surface area (Å²) in [6.07, 6.45) is 7.33. The van der Waals surface area contributed by atoms with Crippen LogP contribution < -0.4 is 4.90 Å². The zero-order valence-corrected chi connectivity index (χ0v) is 16.4. The summed E-state index contributed by atoms with van der Waals surface area (Å²) in [5.74, 6) is 0.685. The molecule has 0 unspecified atom stereocenters. The van der Waals surface area contributed by atoms with E-state index < -0.39 is 0 Å². The van der Waals surface area contributed by atoms with Gasteiger partial charge in [-0.2, -0.15) is 5.26 Å². The van der Waals surface area contributed by atoms with Crippen molar-refractivity contribution in [2.75, 3.05) is 24.5 Å². The highest BCUT2D eigenvalue weighted by atomic mass is 35.5. The van der Waals surface area contributed by atoms with E-state index in [0.717, 1.165) is 43.9 Å². The maximum atomic E-state index is 9.33. The van der Waals surface area contributed by atoms with Gasteiger partial charge < -0.3 is 4.90 Å². The van der Waals surface area contributed by atoms with E-state index in [2.05, 4.69) is 36.1 Å². The number of anilines is 1. The van der Waals surface area contributed by atoms with Crippen molar-refractivity contribution in [2.24, 2.45) is 0 Å². The molecule has 2 aliphatic rings. The highest BCUT2D eigenvalue weighted by Gasteiger charge is 2.40. The summed E-state index contributed by atoms with van der Waals surface area (Å²) in [6, 6.07) is 10.4. The third kappa shape index (κ3) is 3.33. The fourth-order valence-corrected chi connectivity index (χ4v) is 4.56. The number of fused-ring (bicyclic) bond motifs is 1. The van der Waals surface area contributed by atoms with Crippen LogP contribution in [0.25, 0.3) is 5.69 Å². The second kappa shape index (κ2) is 7.43. The first-order chi connectivity index (χ1) is 14.2. The number of nitriles is 1. The Kier molecular flexibility index (Phi) is 4.62. The Bertz CT molecular complexity index is 1070. The lowest BCUT2D eigenvalue weighted by Gasteiger charge is -2.40. The number of benzene rings is 1. The largest absolute Gasteiger partial charge is 0.351 e. The molecule has 2 saturated heterocycles. The molecule has 5 rings (SSSR count). The van der Waals surface area contributed by atoms with Crippen LogP contribution >= 0.6 is 11.6 Å². The van der Waals surface area contributed by atoms with E-state index in [-0.39, 0.29) is 6.04 Å². The van der Waals surface area contributed by atoms with Crippen molar-refractivity contribution in [3.8, 4) is 11.8 Å². The summed E-state index contributed by atoms with van der Waals surface area (Å²) >= 11 is 6.10. The van der Waals surface area contributed by atoms with Crippen LogP contribution in [-0.2, 0) is 0 Å². The molecule has 1 aromatic carbocycles. The molecular formula is C20H19ClN8. The Balaban J connectivity index is 1.33. The Hall–Kier alpha value is -3.02. The monoisotopic (exact) mass is 406 g/mol. The molecule has 2 fully saturated rings. The fraction of sp³-hybridized carbons (Fsp3) is 0.350. The Labute approximate surface area is 173 Å². The van der Waals surface area contributed by atoms with E-state index in [1.165, 1.54) is 0 Å². The van der Waals surface area contributed by atoms with Gasteiger partial charge in [-0.25, -0.2) is 14.6 Å². The van der Waals surface area contributed by atoms with Crippen molar-refractivity contribution < 1.29 is 0 Å². The Morgan fingerprint density at radius 2 is 2.03 bits per heavy atom. The summed E-state index contributed by atoms with van der Waals surface area (Å²) in [6.45, 7) is 2.54.